The van der Waals surface area contributed by atoms with E-state index in [4.69, 9.17) is 4.74 Å². The molecule has 1 aromatic rings. The Hall–Kier alpha value is -1.20. The Morgan fingerprint density at radius 3 is 3.11 bits per heavy atom. The summed E-state index contributed by atoms with van der Waals surface area (Å²) in [5.41, 5.74) is 2.23. The molecule has 1 fully saturated rings. The fraction of sp³-hybridized carbons (Fsp3) is 0.714. The SMILES string of the molecule is CCNCc1cnc(N2CCCOC(C)C2)nc1C. The average molecular weight is 264 g/mol. The van der Waals surface area contributed by atoms with E-state index in [1.165, 1.54) is 5.56 Å². The molecule has 0 aliphatic carbocycles. The summed E-state index contributed by atoms with van der Waals surface area (Å²) in [4.78, 5) is 11.4. The summed E-state index contributed by atoms with van der Waals surface area (Å²) in [5.74, 6) is 0.829. The van der Waals surface area contributed by atoms with Gasteiger partial charge in [-0.15, -0.1) is 0 Å². The Kier molecular flexibility index (Phi) is 5.10. The summed E-state index contributed by atoms with van der Waals surface area (Å²) in [6, 6.07) is 0. The van der Waals surface area contributed by atoms with Gasteiger partial charge in [-0.1, -0.05) is 6.92 Å². The molecule has 0 amide bonds. The fourth-order valence-electron chi connectivity index (χ4n) is 2.24. The Labute approximate surface area is 115 Å². The monoisotopic (exact) mass is 264 g/mol. The third-order valence-corrected chi connectivity index (χ3v) is 3.37. The highest BCUT2D eigenvalue weighted by Crippen LogP contribution is 2.15. The summed E-state index contributed by atoms with van der Waals surface area (Å²) < 4.78 is 5.65. The lowest BCUT2D eigenvalue weighted by atomic mass is 10.2. The van der Waals surface area contributed by atoms with Gasteiger partial charge >= 0.3 is 0 Å². The lowest BCUT2D eigenvalue weighted by molar-refractivity contribution is 0.0820. The lowest BCUT2D eigenvalue weighted by Gasteiger charge is -2.22. The number of rotatable bonds is 4. The highest BCUT2D eigenvalue weighted by Gasteiger charge is 2.17. The van der Waals surface area contributed by atoms with Gasteiger partial charge < -0.3 is 15.0 Å². The minimum Gasteiger partial charge on any atom is -0.377 e. The third kappa shape index (κ3) is 3.88. The van der Waals surface area contributed by atoms with E-state index in [-0.39, 0.29) is 6.10 Å². The Balaban J connectivity index is 2.09. The third-order valence-electron chi connectivity index (χ3n) is 3.37. The molecule has 0 bridgehead atoms. The van der Waals surface area contributed by atoms with Crippen molar-refractivity contribution >= 4 is 5.95 Å². The van der Waals surface area contributed by atoms with Crippen LogP contribution in [0.2, 0.25) is 0 Å². The number of hydrogen-bond donors (Lipinski definition) is 1. The van der Waals surface area contributed by atoms with Crippen LogP contribution in [0.1, 0.15) is 31.5 Å². The zero-order valence-electron chi connectivity index (χ0n) is 12.1. The maximum Gasteiger partial charge on any atom is 0.225 e. The summed E-state index contributed by atoms with van der Waals surface area (Å²) in [6.45, 7) is 10.7. The molecule has 1 aromatic heterocycles. The van der Waals surface area contributed by atoms with Crippen LogP contribution in [-0.4, -0.2) is 42.3 Å². The molecule has 1 unspecified atom stereocenters. The van der Waals surface area contributed by atoms with E-state index in [1.807, 2.05) is 6.20 Å². The van der Waals surface area contributed by atoms with Gasteiger partial charge in [0.2, 0.25) is 5.95 Å². The zero-order valence-corrected chi connectivity index (χ0v) is 12.1. The highest BCUT2D eigenvalue weighted by molar-refractivity contribution is 5.33. The first kappa shape index (κ1) is 14.2. The minimum absolute atomic E-state index is 0.243. The molecule has 1 aliphatic rings. The van der Waals surface area contributed by atoms with Gasteiger partial charge in [0.1, 0.15) is 0 Å². The van der Waals surface area contributed by atoms with Crippen molar-refractivity contribution in [3.63, 3.8) is 0 Å². The second kappa shape index (κ2) is 6.82. The molecule has 19 heavy (non-hydrogen) atoms. The van der Waals surface area contributed by atoms with Crippen LogP contribution in [0.4, 0.5) is 5.95 Å². The number of nitrogens with one attached hydrogen (secondary N) is 1. The van der Waals surface area contributed by atoms with E-state index in [9.17, 15) is 0 Å². The molecular formula is C14H24N4O. The van der Waals surface area contributed by atoms with Crippen LogP contribution in [0.3, 0.4) is 0 Å². The molecule has 1 N–H and O–H groups in total. The number of aromatic nitrogens is 2. The van der Waals surface area contributed by atoms with Crippen LogP contribution in [0.5, 0.6) is 0 Å². The van der Waals surface area contributed by atoms with Crippen molar-refractivity contribution in [2.24, 2.45) is 0 Å². The smallest absolute Gasteiger partial charge is 0.225 e. The van der Waals surface area contributed by atoms with Crippen molar-refractivity contribution in [2.75, 3.05) is 31.1 Å². The van der Waals surface area contributed by atoms with Gasteiger partial charge in [0, 0.05) is 43.7 Å². The molecule has 1 atom stereocenters. The molecule has 1 saturated heterocycles. The zero-order chi connectivity index (χ0) is 13.7. The average Bonchev–Trinajstić information content (AvgIpc) is 2.62. The van der Waals surface area contributed by atoms with Gasteiger partial charge in [0.15, 0.2) is 0 Å². The van der Waals surface area contributed by atoms with Gasteiger partial charge in [0.05, 0.1) is 6.10 Å². The Bertz CT molecular complexity index is 410. The maximum absolute atomic E-state index is 5.65. The summed E-state index contributed by atoms with van der Waals surface area (Å²) in [5, 5.41) is 3.31. The highest BCUT2D eigenvalue weighted by atomic mass is 16.5. The Morgan fingerprint density at radius 2 is 2.37 bits per heavy atom. The van der Waals surface area contributed by atoms with Gasteiger partial charge in [-0.3, -0.25) is 0 Å². The number of aryl methyl sites for hydroxylation is 1. The molecule has 1 aliphatic heterocycles. The second-order valence-corrected chi connectivity index (χ2v) is 5.04. The van der Waals surface area contributed by atoms with E-state index in [1.54, 1.807) is 0 Å². The first-order valence-electron chi connectivity index (χ1n) is 7.10. The summed E-state index contributed by atoms with van der Waals surface area (Å²) >= 11 is 0. The molecule has 0 radical (unpaired) electrons. The van der Waals surface area contributed by atoms with E-state index >= 15 is 0 Å². The minimum atomic E-state index is 0.243. The number of hydrogen-bond acceptors (Lipinski definition) is 5. The maximum atomic E-state index is 5.65. The first-order chi connectivity index (χ1) is 9.20. The van der Waals surface area contributed by atoms with Crippen molar-refractivity contribution in [1.82, 2.24) is 15.3 Å². The summed E-state index contributed by atoms with van der Waals surface area (Å²) in [6.07, 6.45) is 3.22. The van der Waals surface area contributed by atoms with Gasteiger partial charge in [-0.05, 0) is 26.8 Å². The Morgan fingerprint density at radius 1 is 1.53 bits per heavy atom. The van der Waals surface area contributed by atoms with Crippen LogP contribution < -0.4 is 10.2 Å². The molecule has 5 heteroatoms. The molecule has 0 saturated carbocycles. The van der Waals surface area contributed by atoms with Gasteiger partial charge in [0.25, 0.3) is 0 Å². The molecule has 5 nitrogen and oxygen atoms in total. The second-order valence-electron chi connectivity index (χ2n) is 5.04. The normalized spacial score (nSPS) is 20.4. The van der Waals surface area contributed by atoms with Crippen LogP contribution in [-0.2, 0) is 11.3 Å². The quantitative estimate of drug-likeness (QED) is 0.893. The van der Waals surface area contributed by atoms with Crippen molar-refractivity contribution < 1.29 is 4.74 Å². The van der Waals surface area contributed by atoms with Crippen LogP contribution in [0.15, 0.2) is 6.20 Å². The summed E-state index contributed by atoms with van der Waals surface area (Å²) in [7, 11) is 0. The van der Waals surface area contributed by atoms with E-state index in [0.717, 1.165) is 50.8 Å². The largest absolute Gasteiger partial charge is 0.377 e. The van der Waals surface area contributed by atoms with E-state index in [2.05, 4.69) is 41.0 Å². The van der Waals surface area contributed by atoms with Crippen molar-refractivity contribution in [3.8, 4) is 0 Å². The number of anilines is 1. The predicted octanol–water partition coefficient (Wildman–Crippen LogP) is 1.51. The molecule has 2 heterocycles. The van der Waals surface area contributed by atoms with Crippen LogP contribution >= 0.6 is 0 Å². The van der Waals surface area contributed by atoms with E-state index in [0.29, 0.717) is 0 Å². The molecule has 0 spiro atoms. The predicted molar refractivity (Wildman–Crippen MR) is 76.4 cm³/mol. The van der Waals surface area contributed by atoms with Crippen LogP contribution in [0, 0.1) is 6.92 Å². The fourth-order valence-corrected chi connectivity index (χ4v) is 2.24. The topological polar surface area (TPSA) is 50.3 Å². The van der Waals surface area contributed by atoms with Gasteiger partial charge in [-0.25, -0.2) is 9.97 Å². The lowest BCUT2D eigenvalue weighted by Crippen LogP contribution is -2.31. The molecule has 106 valence electrons. The number of ether oxygens (including phenoxy) is 1. The molecule has 2 rings (SSSR count). The molecular weight excluding hydrogens is 240 g/mol. The van der Waals surface area contributed by atoms with Crippen molar-refractivity contribution in [2.45, 2.75) is 39.8 Å². The van der Waals surface area contributed by atoms with Gasteiger partial charge in [-0.2, -0.15) is 0 Å². The number of nitrogens with zero attached hydrogens (tertiary/aromatic N) is 3. The first-order valence-corrected chi connectivity index (χ1v) is 7.10. The van der Waals surface area contributed by atoms with E-state index < -0.39 is 0 Å². The standard InChI is InChI=1S/C14H24N4O/c1-4-15-8-13-9-16-14(17-12(13)3)18-6-5-7-19-11(2)10-18/h9,11,15H,4-8,10H2,1-3H3. The van der Waals surface area contributed by atoms with Crippen molar-refractivity contribution in [3.05, 3.63) is 17.5 Å². The van der Waals surface area contributed by atoms with Crippen molar-refractivity contribution in [1.29, 1.82) is 0 Å². The molecule has 0 aromatic carbocycles. The van der Waals surface area contributed by atoms with Crippen LogP contribution in [0.25, 0.3) is 0 Å².